The molecule has 108 valence electrons. The Bertz CT molecular complexity index is 486. The van der Waals surface area contributed by atoms with Crippen molar-refractivity contribution in [1.29, 1.82) is 0 Å². The van der Waals surface area contributed by atoms with Crippen LogP contribution in [0.2, 0.25) is 0 Å². The largest absolute Gasteiger partial charge is 0.373 e. The summed E-state index contributed by atoms with van der Waals surface area (Å²) in [5, 5.41) is 1.96. The van der Waals surface area contributed by atoms with Crippen LogP contribution in [0.25, 0.3) is 0 Å². The molecule has 2 atom stereocenters. The number of rotatable bonds is 3. The van der Waals surface area contributed by atoms with Gasteiger partial charge in [0.2, 0.25) is 0 Å². The van der Waals surface area contributed by atoms with Crippen molar-refractivity contribution in [2.24, 2.45) is 5.92 Å². The van der Waals surface area contributed by atoms with Gasteiger partial charge in [-0.25, -0.2) is 0 Å². The molecule has 1 saturated carbocycles. The normalized spacial score (nSPS) is 30.5. The minimum absolute atomic E-state index is 0.171. The highest BCUT2D eigenvalue weighted by Gasteiger charge is 2.43. The Morgan fingerprint density at radius 1 is 1.40 bits per heavy atom. The second-order valence-corrected chi connectivity index (χ2v) is 7.05. The summed E-state index contributed by atoms with van der Waals surface area (Å²) in [4.78, 5) is 17.8. The molecule has 0 bridgehead atoms. The molecule has 4 rings (SSSR count). The standard InChI is InChI=1S/C15H20N2O2S/c18-15(14-2-1-7-20-14)17-9-12-13(10-17)19-6-5-16(12)8-11-3-4-11/h1-2,7,11-13H,3-6,8-10H2/t12-,13+/m1/s1. The van der Waals surface area contributed by atoms with Gasteiger partial charge in [0.1, 0.15) is 0 Å². The van der Waals surface area contributed by atoms with E-state index in [4.69, 9.17) is 4.74 Å². The molecule has 5 heteroatoms. The van der Waals surface area contributed by atoms with Crippen LogP contribution >= 0.6 is 11.3 Å². The summed E-state index contributed by atoms with van der Waals surface area (Å²) in [6, 6.07) is 4.27. The number of morpholine rings is 1. The third kappa shape index (κ3) is 2.38. The first-order valence-electron chi connectivity index (χ1n) is 7.49. The van der Waals surface area contributed by atoms with E-state index in [-0.39, 0.29) is 12.0 Å². The molecule has 2 saturated heterocycles. The van der Waals surface area contributed by atoms with E-state index in [1.54, 1.807) is 0 Å². The lowest BCUT2D eigenvalue weighted by atomic mass is 10.1. The van der Waals surface area contributed by atoms with Crippen LogP contribution in [0.5, 0.6) is 0 Å². The summed E-state index contributed by atoms with van der Waals surface area (Å²) < 4.78 is 5.90. The van der Waals surface area contributed by atoms with Gasteiger partial charge in [-0.15, -0.1) is 11.3 Å². The van der Waals surface area contributed by atoms with Gasteiger partial charge >= 0.3 is 0 Å². The predicted octanol–water partition coefficient (Wildman–Crippen LogP) is 1.68. The molecule has 1 aromatic rings. The van der Waals surface area contributed by atoms with Gasteiger partial charge in [-0.2, -0.15) is 0 Å². The Labute approximate surface area is 123 Å². The van der Waals surface area contributed by atoms with Gasteiger partial charge in [0.05, 0.1) is 23.6 Å². The van der Waals surface area contributed by atoms with E-state index < -0.39 is 0 Å². The molecule has 3 aliphatic rings. The highest BCUT2D eigenvalue weighted by atomic mass is 32.1. The molecule has 1 aliphatic carbocycles. The Hall–Kier alpha value is -0.910. The van der Waals surface area contributed by atoms with Gasteiger partial charge < -0.3 is 9.64 Å². The van der Waals surface area contributed by atoms with Crippen LogP contribution in [0.15, 0.2) is 17.5 Å². The van der Waals surface area contributed by atoms with E-state index in [1.807, 2.05) is 22.4 Å². The topological polar surface area (TPSA) is 32.8 Å². The number of ether oxygens (including phenoxy) is 1. The van der Waals surface area contributed by atoms with Gasteiger partial charge in [0.25, 0.3) is 5.91 Å². The fourth-order valence-corrected chi connectivity index (χ4v) is 4.03. The van der Waals surface area contributed by atoms with Crippen LogP contribution in [-0.2, 0) is 4.74 Å². The molecule has 3 heterocycles. The van der Waals surface area contributed by atoms with Crippen molar-refractivity contribution in [3.8, 4) is 0 Å². The van der Waals surface area contributed by atoms with Gasteiger partial charge in [-0.3, -0.25) is 9.69 Å². The Morgan fingerprint density at radius 2 is 2.30 bits per heavy atom. The third-order valence-corrected chi connectivity index (χ3v) is 5.48. The first-order chi connectivity index (χ1) is 9.81. The molecule has 4 nitrogen and oxygen atoms in total. The number of likely N-dealkylation sites (tertiary alicyclic amines) is 1. The summed E-state index contributed by atoms with van der Waals surface area (Å²) in [6.45, 7) is 4.62. The monoisotopic (exact) mass is 292 g/mol. The minimum Gasteiger partial charge on any atom is -0.373 e. The van der Waals surface area contributed by atoms with Crippen molar-refractivity contribution in [3.63, 3.8) is 0 Å². The van der Waals surface area contributed by atoms with Crippen molar-refractivity contribution in [2.75, 3.05) is 32.8 Å². The van der Waals surface area contributed by atoms with Crippen LogP contribution in [0.4, 0.5) is 0 Å². The highest BCUT2D eigenvalue weighted by molar-refractivity contribution is 7.12. The summed E-state index contributed by atoms with van der Waals surface area (Å²) in [6.07, 6.45) is 2.98. The van der Waals surface area contributed by atoms with Crippen molar-refractivity contribution in [3.05, 3.63) is 22.4 Å². The number of hydrogen-bond donors (Lipinski definition) is 0. The third-order valence-electron chi connectivity index (χ3n) is 4.63. The molecule has 1 aromatic heterocycles. The number of carbonyl (C=O) groups excluding carboxylic acids is 1. The summed E-state index contributed by atoms with van der Waals surface area (Å²) >= 11 is 1.53. The quantitative estimate of drug-likeness (QED) is 0.850. The van der Waals surface area contributed by atoms with E-state index in [0.717, 1.165) is 37.0 Å². The zero-order valence-electron chi connectivity index (χ0n) is 11.5. The number of hydrogen-bond acceptors (Lipinski definition) is 4. The van der Waals surface area contributed by atoms with Crippen molar-refractivity contribution < 1.29 is 9.53 Å². The van der Waals surface area contributed by atoms with Gasteiger partial charge in [-0.05, 0) is 30.2 Å². The molecule has 0 aromatic carbocycles. The Morgan fingerprint density at radius 3 is 3.05 bits per heavy atom. The maximum absolute atomic E-state index is 12.5. The SMILES string of the molecule is O=C(c1cccs1)N1C[C@@H]2OCCN(CC3CC3)[C@@H]2C1. The lowest BCUT2D eigenvalue weighted by Gasteiger charge is -2.36. The molecule has 2 aliphatic heterocycles. The van der Waals surface area contributed by atoms with Crippen LogP contribution in [0, 0.1) is 5.92 Å². The Balaban J connectivity index is 1.45. The molecular weight excluding hydrogens is 272 g/mol. The predicted molar refractivity (Wildman–Crippen MR) is 78.0 cm³/mol. The summed E-state index contributed by atoms with van der Waals surface area (Å²) in [5.41, 5.74) is 0. The highest BCUT2D eigenvalue weighted by Crippen LogP contribution is 2.33. The van der Waals surface area contributed by atoms with Crippen molar-refractivity contribution in [1.82, 2.24) is 9.80 Å². The second kappa shape index (κ2) is 5.13. The van der Waals surface area contributed by atoms with Crippen LogP contribution < -0.4 is 0 Å². The zero-order chi connectivity index (χ0) is 13.5. The minimum atomic E-state index is 0.171. The van der Waals surface area contributed by atoms with Crippen LogP contribution in [0.3, 0.4) is 0 Å². The van der Waals surface area contributed by atoms with Crippen LogP contribution in [0.1, 0.15) is 22.5 Å². The van der Waals surface area contributed by atoms with E-state index in [2.05, 4.69) is 4.90 Å². The van der Waals surface area contributed by atoms with Crippen molar-refractivity contribution in [2.45, 2.75) is 25.0 Å². The average Bonchev–Trinajstić information content (AvgIpc) is 2.97. The summed E-state index contributed by atoms with van der Waals surface area (Å²) in [5.74, 6) is 1.07. The summed E-state index contributed by atoms with van der Waals surface area (Å²) in [7, 11) is 0. The van der Waals surface area contributed by atoms with Gasteiger partial charge in [0, 0.05) is 26.2 Å². The maximum Gasteiger partial charge on any atom is 0.264 e. The number of carbonyl (C=O) groups is 1. The Kier molecular flexibility index (Phi) is 3.28. The molecule has 0 unspecified atom stereocenters. The molecule has 0 radical (unpaired) electrons. The van der Waals surface area contributed by atoms with E-state index in [1.165, 1.54) is 30.7 Å². The molecule has 0 N–H and O–H groups in total. The average molecular weight is 292 g/mol. The van der Waals surface area contributed by atoms with E-state index >= 15 is 0 Å². The smallest absolute Gasteiger partial charge is 0.264 e. The van der Waals surface area contributed by atoms with Gasteiger partial charge in [-0.1, -0.05) is 6.07 Å². The number of amides is 1. The second-order valence-electron chi connectivity index (χ2n) is 6.10. The number of fused-ring (bicyclic) bond motifs is 1. The fourth-order valence-electron chi connectivity index (χ4n) is 3.34. The molecule has 3 fully saturated rings. The molecule has 20 heavy (non-hydrogen) atoms. The molecule has 0 spiro atoms. The van der Waals surface area contributed by atoms with Crippen molar-refractivity contribution >= 4 is 17.2 Å². The van der Waals surface area contributed by atoms with E-state index in [0.29, 0.717) is 6.04 Å². The fraction of sp³-hybridized carbons (Fsp3) is 0.667. The van der Waals surface area contributed by atoms with Crippen LogP contribution in [-0.4, -0.2) is 60.6 Å². The molecule has 1 amide bonds. The zero-order valence-corrected chi connectivity index (χ0v) is 12.3. The number of thiophene rings is 1. The first-order valence-corrected chi connectivity index (χ1v) is 8.37. The maximum atomic E-state index is 12.5. The lowest BCUT2D eigenvalue weighted by molar-refractivity contribution is -0.0484. The lowest BCUT2D eigenvalue weighted by Crippen LogP contribution is -2.51. The van der Waals surface area contributed by atoms with E-state index in [9.17, 15) is 4.79 Å². The van der Waals surface area contributed by atoms with Gasteiger partial charge in [0.15, 0.2) is 0 Å². The molecular formula is C15H20N2O2S. The first kappa shape index (κ1) is 12.8. The number of nitrogens with zero attached hydrogens (tertiary/aromatic N) is 2.